The van der Waals surface area contributed by atoms with Crippen molar-refractivity contribution < 1.29 is 4.79 Å². The first-order chi connectivity index (χ1) is 11.6. The van der Waals surface area contributed by atoms with Crippen molar-refractivity contribution in [1.82, 2.24) is 0 Å². The monoisotopic (exact) mass is 373 g/mol. The van der Waals surface area contributed by atoms with Gasteiger partial charge in [-0.15, -0.1) is 11.3 Å². The number of nitrogens with one attached hydrogen (secondary N) is 1. The van der Waals surface area contributed by atoms with Gasteiger partial charge in [0.05, 0.1) is 10.0 Å². The molecule has 0 aliphatic carbocycles. The highest BCUT2D eigenvalue weighted by molar-refractivity contribution is 7.16. The van der Waals surface area contributed by atoms with Crippen LogP contribution in [-0.2, 0) is 4.79 Å². The number of carbonyl (C=O) groups is 1. The molecule has 0 fully saturated rings. The van der Waals surface area contributed by atoms with Gasteiger partial charge in [-0.2, -0.15) is 0 Å². The zero-order valence-electron chi connectivity index (χ0n) is 12.5. The van der Waals surface area contributed by atoms with Crippen molar-refractivity contribution in [3.63, 3.8) is 0 Å². The molecule has 24 heavy (non-hydrogen) atoms. The number of amides is 1. The van der Waals surface area contributed by atoms with Crippen LogP contribution in [0.1, 0.15) is 4.88 Å². The van der Waals surface area contributed by atoms with E-state index in [1.54, 1.807) is 35.6 Å². The van der Waals surface area contributed by atoms with E-state index in [0.29, 0.717) is 15.7 Å². The second-order valence-corrected chi connectivity index (χ2v) is 6.95. The summed E-state index contributed by atoms with van der Waals surface area (Å²) in [7, 11) is 0. The maximum Gasteiger partial charge on any atom is 0.248 e. The number of rotatable bonds is 4. The lowest BCUT2D eigenvalue weighted by Crippen LogP contribution is -2.07. The molecule has 1 N–H and O–H groups in total. The summed E-state index contributed by atoms with van der Waals surface area (Å²) in [5.74, 6) is -0.219. The van der Waals surface area contributed by atoms with Crippen molar-refractivity contribution in [1.29, 1.82) is 0 Å². The molecule has 0 atom stereocenters. The summed E-state index contributed by atoms with van der Waals surface area (Å²) in [6.45, 7) is 0. The van der Waals surface area contributed by atoms with Crippen LogP contribution in [0.4, 0.5) is 5.69 Å². The Morgan fingerprint density at radius 1 is 0.958 bits per heavy atom. The Labute approximate surface area is 154 Å². The van der Waals surface area contributed by atoms with Gasteiger partial charge in [0, 0.05) is 21.5 Å². The minimum Gasteiger partial charge on any atom is -0.322 e. The van der Waals surface area contributed by atoms with Gasteiger partial charge in [0.25, 0.3) is 0 Å². The molecule has 0 aliphatic rings. The maximum atomic E-state index is 12.0. The van der Waals surface area contributed by atoms with Crippen LogP contribution in [0.15, 0.2) is 66.7 Å². The van der Waals surface area contributed by atoms with Crippen LogP contribution in [0, 0.1) is 0 Å². The van der Waals surface area contributed by atoms with Crippen LogP contribution in [-0.4, -0.2) is 5.91 Å². The van der Waals surface area contributed by atoms with Gasteiger partial charge in [0.1, 0.15) is 0 Å². The van der Waals surface area contributed by atoms with Crippen LogP contribution in [0.2, 0.25) is 10.0 Å². The molecule has 0 unspecified atom stereocenters. The van der Waals surface area contributed by atoms with Crippen molar-refractivity contribution in [2.45, 2.75) is 0 Å². The van der Waals surface area contributed by atoms with Crippen molar-refractivity contribution >= 4 is 52.2 Å². The first-order valence-electron chi connectivity index (χ1n) is 7.21. The van der Waals surface area contributed by atoms with Gasteiger partial charge >= 0.3 is 0 Å². The molecule has 0 radical (unpaired) electrons. The average molecular weight is 374 g/mol. The van der Waals surface area contributed by atoms with Crippen LogP contribution < -0.4 is 5.32 Å². The van der Waals surface area contributed by atoms with E-state index in [1.165, 1.54) is 16.5 Å². The predicted octanol–water partition coefficient (Wildman–Crippen LogP) is 6.37. The Balaban J connectivity index is 1.66. The van der Waals surface area contributed by atoms with Crippen LogP contribution >= 0.6 is 34.5 Å². The minimum atomic E-state index is -0.219. The summed E-state index contributed by atoms with van der Waals surface area (Å²) in [5.41, 5.74) is 1.78. The highest BCUT2D eigenvalue weighted by Crippen LogP contribution is 2.28. The molecular formula is C19H13Cl2NOS. The molecule has 0 spiro atoms. The van der Waals surface area contributed by atoms with Gasteiger partial charge in [-0.3, -0.25) is 4.79 Å². The summed E-state index contributed by atoms with van der Waals surface area (Å²) < 4.78 is 0. The fourth-order valence-electron chi connectivity index (χ4n) is 2.12. The Hall–Kier alpha value is -2.07. The molecule has 3 aromatic rings. The van der Waals surface area contributed by atoms with Crippen molar-refractivity contribution in [2.75, 3.05) is 5.32 Å². The fraction of sp³-hybridized carbons (Fsp3) is 0. The molecule has 2 aromatic carbocycles. The largest absolute Gasteiger partial charge is 0.322 e. The third-order valence-corrected chi connectivity index (χ3v) is 5.11. The van der Waals surface area contributed by atoms with Crippen molar-refractivity contribution in [3.8, 4) is 10.4 Å². The van der Waals surface area contributed by atoms with Gasteiger partial charge in [-0.1, -0.05) is 53.5 Å². The quantitative estimate of drug-likeness (QED) is 0.528. The Bertz CT molecular complexity index is 887. The van der Waals surface area contributed by atoms with E-state index in [9.17, 15) is 4.79 Å². The van der Waals surface area contributed by atoms with Crippen LogP contribution in [0.3, 0.4) is 0 Å². The number of benzene rings is 2. The highest BCUT2D eigenvalue weighted by Gasteiger charge is 2.03. The molecule has 5 heteroatoms. The lowest BCUT2D eigenvalue weighted by molar-refractivity contribution is -0.111. The average Bonchev–Trinajstić information content (AvgIpc) is 3.06. The number of halogens is 2. The zero-order chi connectivity index (χ0) is 16.9. The molecule has 2 nitrogen and oxygen atoms in total. The van der Waals surface area contributed by atoms with Crippen LogP contribution in [0.5, 0.6) is 0 Å². The SMILES string of the molecule is O=C(/C=C/c1ccc(-c2ccccc2)s1)Nc1ccc(Cl)c(Cl)c1. The summed E-state index contributed by atoms with van der Waals surface area (Å²) in [5, 5.41) is 3.62. The van der Waals surface area contributed by atoms with E-state index in [-0.39, 0.29) is 5.91 Å². The molecule has 1 heterocycles. The Morgan fingerprint density at radius 3 is 2.50 bits per heavy atom. The van der Waals surface area contributed by atoms with Crippen molar-refractivity contribution in [3.05, 3.63) is 81.7 Å². The Kier molecular flexibility index (Phi) is 5.36. The first-order valence-corrected chi connectivity index (χ1v) is 8.78. The Morgan fingerprint density at radius 2 is 1.75 bits per heavy atom. The normalized spacial score (nSPS) is 10.9. The molecule has 1 aromatic heterocycles. The molecule has 0 bridgehead atoms. The standard InChI is InChI=1S/C19H13Cl2NOS/c20-16-9-6-14(12-17(16)21)22-19(23)11-8-15-7-10-18(24-15)13-4-2-1-3-5-13/h1-12H,(H,22,23)/b11-8+. The molecule has 3 rings (SSSR count). The lowest BCUT2D eigenvalue weighted by Gasteiger charge is -2.03. The van der Waals surface area contributed by atoms with Gasteiger partial charge < -0.3 is 5.32 Å². The molecule has 0 aliphatic heterocycles. The topological polar surface area (TPSA) is 29.1 Å². The number of anilines is 1. The van der Waals surface area contributed by atoms with Gasteiger partial charge in [0.2, 0.25) is 5.91 Å². The first kappa shape index (κ1) is 16.8. The third-order valence-electron chi connectivity index (χ3n) is 3.27. The molecule has 120 valence electrons. The smallest absolute Gasteiger partial charge is 0.248 e. The predicted molar refractivity (Wildman–Crippen MR) is 104 cm³/mol. The maximum absolute atomic E-state index is 12.0. The van der Waals surface area contributed by atoms with Gasteiger partial charge in [-0.25, -0.2) is 0 Å². The summed E-state index contributed by atoms with van der Waals surface area (Å²) in [6.07, 6.45) is 3.30. The van der Waals surface area contributed by atoms with Gasteiger partial charge in [-0.05, 0) is 42.0 Å². The number of thiophene rings is 1. The molecule has 1 amide bonds. The van der Waals surface area contributed by atoms with E-state index >= 15 is 0 Å². The molecule has 0 saturated heterocycles. The van der Waals surface area contributed by atoms with Gasteiger partial charge in [0.15, 0.2) is 0 Å². The third kappa shape index (κ3) is 4.26. The second-order valence-electron chi connectivity index (χ2n) is 5.02. The van der Waals surface area contributed by atoms with E-state index in [1.807, 2.05) is 24.3 Å². The number of hydrogen-bond donors (Lipinski definition) is 1. The summed E-state index contributed by atoms with van der Waals surface area (Å²) in [4.78, 5) is 14.2. The number of hydrogen-bond acceptors (Lipinski definition) is 2. The molecular weight excluding hydrogens is 361 g/mol. The van der Waals surface area contributed by atoms with E-state index in [2.05, 4.69) is 23.5 Å². The fourth-order valence-corrected chi connectivity index (χ4v) is 3.33. The van der Waals surface area contributed by atoms with E-state index < -0.39 is 0 Å². The zero-order valence-corrected chi connectivity index (χ0v) is 14.8. The van der Waals surface area contributed by atoms with Crippen molar-refractivity contribution in [2.24, 2.45) is 0 Å². The van der Waals surface area contributed by atoms with E-state index in [0.717, 1.165) is 4.88 Å². The summed E-state index contributed by atoms with van der Waals surface area (Å²) in [6, 6.07) is 19.2. The lowest BCUT2D eigenvalue weighted by atomic mass is 10.2. The highest BCUT2D eigenvalue weighted by atomic mass is 35.5. The summed E-state index contributed by atoms with van der Waals surface area (Å²) >= 11 is 13.4. The van der Waals surface area contributed by atoms with E-state index in [4.69, 9.17) is 23.2 Å². The second kappa shape index (κ2) is 7.67. The minimum absolute atomic E-state index is 0.219. The van der Waals surface area contributed by atoms with Crippen LogP contribution in [0.25, 0.3) is 16.5 Å². The number of carbonyl (C=O) groups excluding carboxylic acids is 1. The molecule has 0 saturated carbocycles.